The summed E-state index contributed by atoms with van der Waals surface area (Å²) >= 11 is 0. The molecule has 40 heavy (non-hydrogen) atoms. The van der Waals surface area contributed by atoms with E-state index in [-0.39, 0.29) is 30.1 Å². The van der Waals surface area contributed by atoms with E-state index in [2.05, 4.69) is 4.98 Å². The monoisotopic (exact) mass is 548 g/mol. The highest BCUT2D eigenvalue weighted by Gasteiger charge is 2.37. The number of nitrogens with zero attached hydrogens (tertiary/aromatic N) is 3. The summed E-state index contributed by atoms with van der Waals surface area (Å²) in [5.74, 6) is -2.21. The summed E-state index contributed by atoms with van der Waals surface area (Å²) in [5, 5.41) is 6.52. The number of H-pyrrole nitrogens is 1. The number of hydrogen-bond donors (Lipinski definition) is 1. The SMILES string of the molecule is COCCN1C[C@@H](CC(=O)Cc2c(C)c(-c3ccc(=O)[nH]c3)nn2-c2ccccc2)[C@H](c2ccc(F)c(F)c2)O1. The summed E-state index contributed by atoms with van der Waals surface area (Å²) in [6.07, 6.45) is 1.28. The lowest BCUT2D eigenvalue weighted by Gasteiger charge is -2.18. The van der Waals surface area contributed by atoms with E-state index in [1.165, 1.54) is 12.1 Å². The van der Waals surface area contributed by atoms with Crippen LogP contribution in [0, 0.1) is 24.5 Å². The van der Waals surface area contributed by atoms with Gasteiger partial charge >= 0.3 is 0 Å². The third-order valence-corrected chi connectivity index (χ3v) is 7.10. The fourth-order valence-electron chi connectivity index (χ4n) is 5.08. The number of hydrogen-bond acceptors (Lipinski definition) is 6. The van der Waals surface area contributed by atoms with Gasteiger partial charge in [-0.05, 0) is 48.4 Å². The van der Waals surface area contributed by atoms with Crippen LogP contribution in [0.5, 0.6) is 0 Å². The van der Waals surface area contributed by atoms with Gasteiger partial charge < -0.3 is 9.72 Å². The van der Waals surface area contributed by atoms with Crippen LogP contribution in [0.1, 0.15) is 29.3 Å². The normalized spacial score (nSPS) is 17.4. The molecule has 4 aromatic rings. The lowest BCUT2D eigenvalue weighted by molar-refractivity contribution is -0.155. The summed E-state index contributed by atoms with van der Waals surface area (Å²) in [4.78, 5) is 33.9. The topological polar surface area (TPSA) is 89.5 Å². The number of Topliss-reactive ketones (excluding diaryl/α,β-unsaturated/α-hetero) is 1. The van der Waals surface area contributed by atoms with Crippen molar-refractivity contribution < 1.29 is 23.1 Å². The first kappa shape index (κ1) is 27.6. The van der Waals surface area contributed by atoms with Crippen molar-refractivity contribution in [3.63, 3.8) is 0 Å². The van der Waals surface area contributed by atoms with Crippen LogP contribution in [0.2, 0.25) is 0 Å². The van der Waals surface area contributed by atoms with E-state index < -0.39 is 17.7 Å². The minimum Gasteiger partial charge on any atom is -0.383 e. The molecular weight excluding hydrogens is 518 g/mol. The Kier molecular flexibility index (Phi) is 8.29. The summed E-state index contributed by atoms with van der Waals surface area (Å²) in [6.45, 7) is 3.25. The fourth-order valence-corrected chi connectivity index (χ4v) is 5.08. The number of ketones is 1. The van der Waals surface area contributed by atoms with E-state index in [4.69, 9.17) is 14.7 Å². The molecule has 2 atom stereocenters. The van der Waals surface area contributed by atoms with Crippen LogP contribution < -0.4 is 5.56 Å². The Morgan fingerprint density at radius 3 is 2.62 bits per heavy atom. The van der Waals surface area contributed by atoms with Crippen molar-refractivity contribution in [2.75, 3.05) is 26.8 Å². The Balaban J connectivity index is 1.43. The maximum Gasteiger partial charge on any atom is 0.247 e. The van der Waals surface area contributed by atoms with Gasteiger partial charge in [0.25, 0.3) is 0 Å². The van der Waals surface area contributed by atoms with E-state index in [0.29, 0.717) is 31.0 Å². The first-order chi connectivity index (χ1) is 19.3. The summed E-state index contributed by atoms with van der Waals surface area (Å²) < 4.78 is 34.6. The Morgan fingerprint density at radius 1 is 1.12 bits per heavy atom. The van der Waals surface area contributed by atoms with E-state index in [1.807, 2.05) is 37.3 Å². The van der Waals surface area contributed by atoms with Crippen LogP contribution in [0.15, 0.2) is 71.7 Å². The van der Waals surface area contributed by atoms with Crippen molar-refractivity contribution in [3.8, 4) is 16.9 Å². The zero-order valence-electron chi connectivity index (χ0n) is 22.3. The maximum absolute atomic E-state index is 14.1. The van der Waals surface area contributed by atoms with Gasteiger partial charge in [0.1, 0.15) is 11.9 Å². The standard InChI is InChI=1S/C30H30F2N4O4/c1-19-27(36(23-6-4-3-5-7-23)34-29(19)21-9-11-28(38)33-17-21)16-24(37)14-22-18-35(12-13-39-2)40-30(22)20-8-10-25(31)26(32)15-20/h3-11,15,17,22,30H,12-14,16,18H2,1-2H3,(H,33,38)/t22-,30+/m1/s1. The van der Waals surface area contributed by atoms with Crippen LogP contribution >= 0.6 is 0 Å². The molecule has 1 fully saturated rings. The molecule has 0 spiro atoms. The Bertz CT molecular complexity index is 1530. The highest BCUT2D eigenvalue weighted by molar-refractivity contribution is 5.82. The van der Waals surface area contributed by atoms with Gasteiger partial charge in [0, 0.05) is 56.8 Å². The van der Waals surface area contributed by atoms with E-state index in [9.17, 15) is 18.4 Å². The number of benzene rings is 2. The number of pyridine rings is 1. The molecule has 2 aromatic carbocycles. The number of aromatic nitrogens is 3. The molecule has 0 radical (unpaired) electrons. The molecule has 2 aromatic heterocycles. The van der Waals surface area contributed by atoms with E-state index in [0.717, 1.165) is 34.6 Å². The number of methoxy groups -OCH3 is 1. The molecule has 8 nitrogen and oxygen atoms in total. The first-order valence-electron chi connectivity index (χ1n) is 13.0. The van der Waals surface area contributed by atoms with Crippen molar-refractivity contribution in [3.05, 3.63) is 106 Å². The molecule has 0 saturated carbocycles. The number of ether oxygens (including phenoxy) is 1. The second-order valence-electron chi connectivity index (χ2n) is 9.87. The van der Waals surface area contributed by atoms with Crippen molar-refractivity contribution >= 4 is 5.78 Å². The molecule has 0 aliphatic carbocycles. The van der Waals surface area contributed by atoms with E-state index in [1.54, 1.807) is 29.1 Å². The fraction of sp³-hybridized carbons (Fsp3) is 0.300. The molecule has 0 unspecified atom stereocenters. The Labute approximate surface area is 230 Å². The van der Waals surface area contributed by atoms with Crippen LogP contribution in [-0.2, 0) is 20.8 Å². The predicted octanol–water partition coefficient (Wildman–Crippen LogP) is 4.57. The molecule has 1 aliphatic rings. The number of carbonyl (C=O) groups excluding carboxylic acids is 1. The van der Waals surface area contributed by atoms with Gasteiger partial charge in [-0.15, -0.1) is 0 Å². The lowest BCUT2D eigenvalue weighted by Crippen LogP contribution is -2.24. The molecule has 0 bridgehead atoms. The second kappa shape index (κ2) is 12.0. The van der Waals surface area contributed by atoms with Crippen molar-refractivity contribution in [1.29, 1.82) is 0 Å². The molecule has 1 aliphatic heterocycles. The number of rotatable bonds is 10. The quantitative estimate of drug-likeness (QED) is 0.313. The number of halogens is 2. The highest BCUT2D eigenvalue weighted by Crippen LogP contribution is 2.37. The molecule has 1 N–H and O–H groups in total. The number of para-hydroxylation sites is 1. The average molecular weight is 549 g/mol. The smallest absolute Gasteiger partial charge is 0.247 e. The molecule has 3 heterocycles. The van der Waals surface area contributed by atoms with Crippen molar-refractivity contribution in [1.82, 2.24) is 19.8 Å². The third-order valence-electron chi connectivity index (χ3n) is 7.10. The van der Waals surface area contributed by atoms with E-state index >= 15 is 0 Å². The number of hydroxylamine groups is 2. The van der Waals surface area contributed by atoms with Gasteiger partial charge in [0.05, 0.1) is 23.7 Å². The average Bonchev–Trinajstić information content (AvgIpc) is 3.50. The summed E-state index contributed by atoms with van der Waals surface area (Å²) in [7, 11) is 1.59. The van der Waals surface area contributed by atoms with Gasteiger partial charge in [-0.25, -0.2) is 13.5 Å². The number of carbonyl (C=O) groups is 1. The van der Waals surface area contributed by atoms with Gasteiger partial charge in [-0.3, -0.25) is 14.4 Å². The molecular formula is C30H30F2N4O4. The molecule has 5 rings (SSSR count). The van der Waals surface area contributed by atoms with Crippen molar-refractivity contribution in [2.24, 2.45) is 5.92 Å². The summed E-state index contributed by atoms with van der Waals surface area (Å²) in [6, 6.07) is 16.4. The van der Waals surface area contributed by atoms with Crippen LogP contribution in [0.3, 0.4) is 0 Å². The molecule has 10 heteroatoms. The number of aromatic amines is 1. The Morgan fingerprint density at radius 2 is 1.93 bits per heavy atom. The van der Waals surface area contributed by atoms with Crippen LogP contribution in [0.4, 0.5) is 8.78 Å². The van der Waals surface area contributed by atoms with Gasteiger partial charge in [0.15, 0.2) is 11.6 Å². The number of nitrogens with one attached hydrogen (secondary N) is 1. The first-order valence-corrected chi connectivity index (χ1v) is 13.0. The van der Waals surface area contributed by atoms with Crippen LogP contribution in [0.25, 0.3) is 16.9 Å². The lowest BCUT2D eigenvalue weighted by atomic mass is 9.90. The van der Waals surface area contributed by atoms with Crippen molar-refractivity contribution in [2.45, 2.75) is 25.9 Å². The third kappa shape index (κ3) is 5.94. The molecule has 208 valence electrons. The largest absolute Gasteiger partial charge is 0.383 e. The predicted molar refractivity (Wildman–Crippen MR) is 145 cm³/mol. The molecule has 0 amide bonds. The molecule has 1 saturated heterocycles. The van der Waals surface area contributed by atoms with Crippen LogP contribution in [-0.4, -0.2) is 52.4 Å². The minimum atomic E-state index is -0.960. The second-order valence-corrected chi connectivity index (χ2v) is 9.87. The highest BCUT2D eigenvalue weighted by atomic mass is 19.2. The Hall–Kier alpha value is -3.99. The van der Waals surface area contributed by atoms with Gasteiger partial charge in [0.2, 0.25) is 5.56 Å². The van der Waals surface area contributed by atoms with Gasteiger partial charge in [-0.1, -0.05) is 24.3 Å². The minimum absolute atomic E-state index is 0.0389. The zero-order chi connectivity index (χ0) is 28.2. The maximum atomic E-state index is 14.1. The zero-order valence-corrected chi connectivity index (χ0v) is 22.3. The summed E-state index contributed by atoms with van der Waals surface area (Å²) in [5.41, 5.74) is 4.02. The van der Waals surface area contributed by atoms with Gasteiger partial charge in [-0.2, -0.15) is 10.2 Å².